The van der Waals surface area contributed by atoms with Crippen LogP contribution in [0.15, 0.2) is 24.3 Å². The predicted octanol–water partition coefficient (Wildman–Crippen LogP) is 2.00. The van der Waals surface area contributed by atoms with Crippen molar-refractivity contribution in [2.24, 2.45) is 0 Å². The summed E-state index contributed by atoms with van der Waals surface area (Å²) in [6.07, 6.45) is 0. The maximum atomic E-state index is 12.8. The van der Waals surface area contributed by atoms with Gasteiger partial charge in [-0.25, -0.2) is 4.39 Å². The van der Waals surface area contributed by atoms with Crippen molar-refractivity contribution in [1.29, 1.82) is 0 Å². The largest absolute Gasteiger partial charge is 0.383 e. The number of methoxy groups -OCH3 is 1. The van der Waals surface area contributed by atoms with Crippen LogP contribution in [0.25, 0.3) is 0 Å². The zero-order valence-electron chi connectivity index (χ0n) is 12.1. The molecule has 0 heterocycles. The number of nitrogens with one attached hydrogen (secondary N) is 1. The topological polar surface area (TPSA) is 41.6 Å². The third-order valence-corrected chi connectivity index (χ3v) is 3.09. The zero-order chi connectivity index (χ0) is 14.3. The second-order valence-electron chi connectivity index (χ2n) is 4.40. The first-order valence-electron chi connectivity index (χ1n) is 6.27. The molecular weight excluding hydrogens is 283 g/mol. The third-order valence-electron chi connectivity index (χ3n) is 3.09. The summed E-state index contributed by atoms with van der Waals surface area (Å²) in [5.74, 6) is -0.279. The van der Waals surface area contributed by atoms with Crippen molar-refractivity contribution in [3.05, 3.63) is 35.6 Å². The fourth-order valence-electron chi connectivity index (χ4n) is 1.68. The van der Waals surface area contributed by atoms with Crippen LogP contribution in [0, 0.1) is 5.82 Å². The summed E-state index contributed by atoms with van der Waals surface area (Å²) in [5.41, 5.74) is 0.911. The first-order valence-corrected chi connectivity index (χ1v) is 6.27. The van der Waals surface area contributed by atoms with Gasteiger partial charge in [0.25, 0.3) is 0 Å². The highest BCUT2D eigenvalue weighted by molar-refractivity contribution is 5.85. The molecule has 6 heteroatoms. The Labute approximate surface area is 125 Å². The van der Waals surface area contributed by atoms with Crippen molar-refractivity contribution in [1.82, 2.24) is 10.2 Å². The lowest BCUT2D eigenvalue weighted by Gasteiger charge is -2.25. The van der Waals surface area contributed by atoms with E-state index in [0.717, 1.165) is 5.56 Å². The molecule has 1 aromatic carbocycles. The number of amides is 1. The average Bonchev–Trinajstić information content (AvgIpc) is 2.42. The van der Waals surface area contributed by atoms with E-state index in [2.05, 4.69) is 5.32 Å². The number of likely N-dealkylation sites (N-methyl/N-ethyl adjacent to an activating group) is 1. The van der Waals surface area contributed by atoms with Gasteiger partial charge in [-0.3, -0.25) is 4.79 Å². The molecule has 0 radical (unpaired) electrons. The second kappa shape index (κ2) is 9.69. The molecule has 0 saturated heterocycles. The standard InChI is InChI=1S/C14H21FN2O2.ClH/c1-11(12-4-6-13(15)7-5-12)17(2)14(18)10-16-8-9-19-3;/h4-7,11,16H,8-10H2,1-3H3;1H. The van der Waals surface area contributed by atoms with Gasteiger partial charge in [0.15, 0.2) is 0 Å². The van der Waals surface area contributed by atoms with Crippen LogP contribution in [0.1, 0.15) is 18.5 Å². The Bertz CT molecular complexity index is 401. The first kappa shape index (κ1) is 18.8. The van der Waals surface area contributed by atoms with Gasteiger partial charge in [0, 0.05) is 20.7 Å². The average molecular weight is 305 g/mol. The van der Waals surface area contributed by atoms with Crippen LogP contribution >= 0.6 is 12.4 Å². The van der Waals surface area contributed by atoms with E-state index in [4.69, 9.17) is 4.74 Å². The van der Waals surface area contributed by atoms with Crippen molar-refractivity contribution < 1.29 is 13.9 Å². The molecule has 0 aliphatic heterocycles. The molecule has 0 aliphatic rings. The van der Waals surface area contributed by atoms with Crippen LogP contribution in [0.3, 0.4) is 0 Å². The van der Waals surface area contributed by atoms with Gasteiger partial charge in [-0.05, 0) is 24.6 Å². The van der Waals surface area contributed by atoms with Crippen LogP contribution < -0.4 is 5.32 Å². The molecule has 4 nitrogen and oxygen atoms in total. The highest BCUT2D eigenvalue weighted by atomic mass is 35.5. The molecule has 0 fully saturated rings. The summed E-state index contributed by atoms with van der Waals surface area (Å²) in [6, 6.07) is 6.11. The molecule has 1 N–H and O–H groups in total. The molecule has 1 unspecified atom stereocenters. The van der Waals surface area contributed by atoms with Gasteiger partial charge >= 0.3 is 0 Å². The van der Waals surface area contributed by atoms with Gasteiger partial charge in [-0.1, -0.05) is 12.1 Å². The van der Waals surface area contributed by atoms with Crippen LogP contribution in [-0.2, 0) is 9.53 Å². The summed E-state index contributed by atoms with van der Waals surface area (Å²) in [7, 11) is 3.36. The van der Waals surface area contributed by atoms with E-state index < -0.39 is 0 Å². The van der Waals surface area contributed by atoms with Crippen molar-refractivity contribution in [3.8, 4) is 0 Å². The fourth-order valence-corrected chi connectivity index (χ4v) is 1.68. The van der Waals surface area contributed by atoms with Crippen molar-refractivity contribution in [2.45, 2.75) is 13.0 Å². The van der Waals surface area contributed by atoms with Crippen LogP contribution in [-0.4, -0.2) is 44.7 Å². The van der Waals surface area contributed by atoms with Crippen LogP contribution in [0.2, 0.25) is 0 Å². The number of carbonyl (C=O) groups excluding carboxylic acids is 1. The van der Waals surface area contributed by atoms with Crippen molar-refractivity contribution >= 4 is 18.3 Å². The number of halogens is 2. The molecule has 0 aromatic heterocycles. The van der Waals surface area contributed by atoms with Crippen molar-refractivity contribution in [3.63, 3.8) is 0 Å². The number of rotatable bonds is 7. The number of ether oxygens (including phenoxy) is 1. The van der Waals surface area contributed by atoms with E-state index in [1.54, 1.807) is 31.2 Å². The van der Waals surface area contributed by atoms with E-state index in [1.165, 1.54) is 12.1 Å². The molecule has 0 aliphatic carbocycles. The molecule has 0 bridgehead atoms. The molecular formula is C14H22ClFN2O2. The summed E-state index contributed by atoms with van der Waals surface area (Å²) < 4.78 is 17.7. The molecule has 114 valence electrons. The van der Waals surface area contributed by atoms with Gasteiger partial charge in [0.2, 0.25) is 5.91 Å². The molecule has 0 spiro atoms. The van der Waals surface area contributed by atoms with Gasteiger partial charge in [0.1, 0.15) is 5.82 Å². The lowest BCUT2D eigenvalue weighted by atomic mass is 10.1. The van der Waals surface area contributed by atoms with Gasteiger partial charge in [-0.15, -0.1) is 12.4 Å². The van der Waals surface area contributed by atoms with Crippen LogP contribution in [0.4, 0.5) is 4.39 Å². The molecule has 20 heavy (non-hydrogen) atoms. The van der Waals surface area contributed by atoms with E-state index >= 15 is 0 Å². The molecule has 1 rings (SSSR count). The smallest absolute Gasteiger partial charge is 0.236 e. The fraction of sp³-hybridized carbons (Fsp3) is 0.500. The number of benzene rings is 1. The lowest BCUT2D eigenvalue weighted by molar-refractivity contribution is -0.130. The minimum absolute atomic E-state index is 0. The highest BCUT2D eigenvalue weighted by Crippen LogP contribution is 2.18. The SMILES string of the molecule is COCCNCC(=O)N(C)C(C)c1ccc(F)cc1.Cl. The molecule has 1 aromatic rings. The Balaban J connectivity index is 0.00000361. The van der Waals surface area contributed by atoms with Gasteiger partial charge in [-0.2, -0.15) is 0 Å². The molecule has 1 amide bonds. The van der Waals surface area contributed by atoms with Gasteiger partial charge in [0.05, 0.1) is 19.2 Å². The van der Waals surface area contributed by atoms with Crippen LogP contribution in [0.5, 0.6) is 0 Å². The van der Waals surface area contributed by atoms with E-state index in [0.29, 0.717) is 13.2 Å². The third kappa shape index (κ3) is 5.86. The summed E-state index contributed by atoms with van der Waals surface area (Å²) in [4.78, 5) is 13.6. The highest BCUT2D eigenvalue weighted by Gasteiger charge is 2.16. The van der Waals surface area contributed by atoms with E-state index in [1.807, 2.05) is 6.92 Å². The number of hydrogen-bond donors (Lipinski definition) is 1. The monoisotopic (exact) mass is 304 g/mol. The number of hydrogen-bond acceptors (Lipinski definition) is 3. The maximum Gasteiger partial charge on any atom is 0.236 e. The Hall–Kier alpha value is -1.17. The summed E-state index contributed by atoms with van der Waals surface area (Å²) >= 11 is 0. The minimum atomic E-state index is -0.272. The normalized spacial score (nSPS) is 11.6. The van der Waals surface area contributed by atoms with Crippen molar-refractivity contribution in [2.75, 3.05) is 33.9 Å². The summed E-state index contributed by atoms with van der Waals surface area (Å²) in [5, 5.41) is 3.01. The Kier molecular flexibility index (Phi) is 9.12. The second-order valence-corrected chi connectivity index (χ2v) is 4.40. The van der Waals surface area contributed by atoms with E-state index in [9.17, 15) is 9.18 Å². The molecule has 1 atom stereocenters. The Morgan fingerprint density at radius 3 is 2.55 bits per heavy atom. The summed E-state index contributed by atoms with van der Waals surface area (Å²) in [6.45, 7) is 3.40. The first-order chi connectivity index (χ1) is 9.06. The number of nitrogens with zero attached hydrogens (tertiary/aromatic N) is 1. The maximum absolute atomic E-state index is 12.8. The zero-order valence-corrected chi connectivity index (χ0v) is 12.9. The van der Waals surface area contributed by atoms with E-state index in [-0.39, 0.29) is 36.7 Å². The lowest BCUT2D eigenvalue weighted by Crippen LogP contribution is -2.38. The van der Waals surface area contributed by atoms with Gasteiger partial charge < -0.3 is 15.0 Å². The quantitative estimate of drug-likeness (QED) is 0.784. The predicted molar refractivity (Wildman–Crippen MR) is 79.6 cm³/mol. The molecule has 0 saturated carbocycles. The minimum Gasteiger partial charge on any atom is -0.383 e. The number of carbonyl (C=O) groups is 1. The Morgan fingerprint density at radius 2 is 2.00 bits per heavy atom. The Morgan fingerprint density at radius 1 is 1.40 bits per heavy atom.